The van der Waals surface area contributed by atoms with Gasteiger partial charge < -0.3 is 9.80 Å². The molecule has 2 aromatic rings. The standard InChI is InChI=1S/C25H28N6O2S2/c1-30(16-19-4-2-5-20(27-19)21-6-3-13-34-21)15-17-8-11-31(12-9-17)24-26-10-7-18(28-24)14-22-23(32)29-25(33)35-22/h2-5,7,10,13-14,17,21H,6,8-9,11-12,15-16H2,1H3,(H,29,32,33)/b22-14-. The molecule has 0 bridgehead atoms. The van der Waals surface area contributed by atoms with Gasteiger partial charge in [-0.1, -0.05) is 12.1 Å². The Morgan fingerprint density at radius 3 is 2.80 bits per heavy atom. The normalized spacial score (nSPS) is 21.9. The number of amides is 2. The molecule has 5 heterocycles. The molecule has 1 unspecified atom stereocenters. The lowest BCUT2D eigenvalue weighted by molar-refractivity contribution is -0.115. The van der Waals surface area contributed by atoms with Gasteiger partial charge in [0.25, 0.3) is 11.1 Å². The molecule has 0 radical (unpaired) electrons. The van der Waals surface area contributed by atoms with Gasteiger partial charge in [-0.15, -0.1) is 11.8 Å². The van der Waals surface area contributed by atoms with Crippen LogP contribution in [0, 0.1) is 5.92 Å². The molecular formula is C25H28N6O2S2. The number of anilines is 1. The lowest BCUT2D eigenvalue weighted by Crippen LogP contribution is -2.38. The number of thioether (sulfide) groups is 2. The van der Waals surface area contributed by atoms with Crippen molar-refractivity contribution in [2.24, 2.45) is 5.92 Å². The number of nitrogens with one attached hydrogen (secondary N) is 1. The van der Waals surface area contributed by atoms with Crippen LogP contribution in [0.4, 0.5) is 10.7 Å². The highest BCUT2D eigenvalue weighted by Crippen LogP contribution is 2.37. The van der Waals surface area contributed by atoms with Gasteiger partial charge in [0, 0.05) is 32.4 Å². The topological polar surface area (TPSA) is 91.3 Å². The van der Waals surface area contributed by atoms with Gasteiger partial charge in [0.1, 0.15) is 0 Å². The van der Waals surface area contributed by atoms with Gasteiger partial charge in [0.05, 0.1) is 27.2 Å². The van der Waals surface area contributed by atoms with Crippen molar-refractivity contribution in [1.29, 1.82) is 0 Å². The molecule has 0 aliphatic carbocycles. The van der Waals surface area contributed by atoms with E-state index < -0.39 is 0 Å². The number of aromatic nitrogens is 3. The fourth-order valence-electron chi connectivity index (χ4n) is 4.59. The Labute approximate surface area is 213 Å². The van der Waals surface area contributed by atoms with Crippen molar-refractivity contribution >= 4 is 46.7 Å². The number of piperidine rings is 1. The Balaban J connectivity index is 1.13. The molecule has 2 aromatic heterocycles. The van der Waals surface area contributed by atoms with Gasteiger partial charge >= 0.3 is 0 Å². The Morgan fingerprint density at radius 2 is 2.06 bits per heavy atom. The molecule has 5 rings (SSSR count). The van der Waals surface area contributed by atoms with E-state index in [2.05, 4.69) is 61.8 Å². The number of imide groups is 1. The molecule has 8 nitrogen and oxygen atoms in total. The second-order valence-corrected chi connectivity index (χ2v) is 11.2. The molecule has 10 heteroatoms. The van der Waals surface area contributed by atoms with Gasteiger partial charge in [-0.3, -0.25) is 19.9 Å². The minimum atomic E-state index is -0.374. The Kier molecular flexibility index (Phi) is 7.50. The molecule has 182 valence electrons. The van der Waals surface area contributed by atoms with Gasteiger partial charge in [-0.05, 0) is 73.7 Å². The molecule has 1 atom stereocenters. The molecule has 3 aliphatic rings. The molecule has 3 aliphatic heterocycles. The van der Waals surface area contributed by atoms with E-state index in [4.69, 9.17) is 4.98 Å². The molecule has 1 N–H and O–H groups in total. The third-order valence-electron chi connectivity index (χ3n) is 6.33. The predicted octanol–water partition coefficient (Wildman–Crippen LogP) is 4.24. The summed E-state index contributed by atoms with van der Waals surface area (Å²) in [4.78, 5) is 42.1. The Morgan fingerprint density at radius 1 is 1.20 bits per heavy atom. The number of hydrogen-bond acceptors (Lipinski definition) is 9. The molecule has 0 saturated carbocycles. The van der Waals surface area contributed by atoms with E-state index in [9.17, 15) is 9.59 Å². The van der Waals surface area contributed by atoms with Gasteiger partial charge in [-0.25, -0.2) is 9.97 Å². The van der Waals surface area contributed by atoms with E-state index in [1.807, 2.05) is 11.8 Å². The zero-order valence-electron chi connectivity index (χ0n) is 19.6. The van der Waals surface area contributed by atoms with Crippen molar-refractivity contribution in [2.45, 2.75) is 31.1 Å². The first-order chi connectivity index (χ1) is 17.0. The third-order valence-corrected chi connectivity index (χ3v) is 8.25. The van der Waals surface area contributed by atoms with E-state index in [-0.39, 0.29) is 11.1 Å². The van der Waals surface area contributed by atoms with E-state index in [0.29, 0.717) is 27.7 Å². The summed E-state index contributed by atoms with van der Waals surface area (Å²) < 4.78 is 0. The molecular weight excluding hydrogens is 480 g/mol. The van der Waals surface area contributed by atoms with Crippen LogP contribution >= 0.6 is 23.5 Å². The first-order valence-electron chi connectivity index (χ1n) is 11.8. The SMILES string of the molecule is CN(Cc1cccc(C2CC=CS2)n1)CC1CCN(c2nccc(/C=C3\SC(=O)NC3=O)n2)CC1. The Bertz CT molecular complexity index is 1150. The monoisotopic (exact) mass is 508 g/mol. The van der Waals surface area contributed by atoms with Crippen LogP contribution in [0.3, 0.4) is 0 Å². The van der Waals surface area contributed by atoms with E-state index >= 15 is 0 Å². The zero-order valence-corrected chi connectivity index (χ0v) is 21.2. The van der Waals surface area contributed by atoms with Crippen molar-refractivity contribution in [3.63, 3.8) is 0 Å². The van der Waals surface area contributed by atoms with E-state index in [0.717, 1.165) is 62.9 Å². The van der Waals surface area contributed by atoms with Crippen LogP contribution in [0.1, 0.15) is 41.6 Å². The summed E-state index contributed by atoms with van der Waals surface area (Å²) in [6.07, 6.45) is 8.77. The summed E-state index contributed by atoms with van der Waals surface area (Å²) in [5, 5.41) is 4.55. The summed E-state index contributed by atoms with van der Waals surface area (Å²) in [6.45, 7) is 3.68. The number of pyridine rings is 1. The maximum absolute atomic E-state index is 11.8. The van der Waals surface area contributed by atoms with Crippen LogP contribution in [-0.4, -0.2) is 57.7 Å². The number of allylic oxidation sites excluding steroid dienone is 1. The van der Waals surface area contributed by atoms with Crippen molar-refractivity contribution < 1.29 is 9.59 Å². The van der Waals surface area contributed by atoms with Crippen LogP contribution in [0.2, 0.25) is 0 Å². The highest BCUT2D eigenvalue weighted by atomic mass is 32.2. The first-order valence-corrected chi connectivity index (χ1v) is 13.6. The average molecular weight is 509 g/mol. The smallest absolute Gasteiger partial charge is 0.290 e. The van der Waals surface area contributed by atoms with Crippen LogP contribution in [0.5, 0.6) is 0 Å². The Hall–Kier alpha value is -2.69. The minimum Gasteiger partial charge on any atom is -0.341 e. The van der Waals surface area contributed by atoms with Gasteiger partial charge in [0.15, 0.2) is 0 Å². The van der Waals surface area contributed by atoms with Gasteiger partial charge in [0.2, 0.25) is 5.95 Å². The summed E-state index contributed by atoms with van der Waals surface area (Å²) in [5.41, 5.74) is 2.94. The van der Waals surface area contributed by atoms with Gasteiger partial charge in [-0.2, -0.15) is 0 Å². The molecule has 2 saturated heterocycles. The van der Waals surface area contributed by atoms with Crippen molar-refractivity contribution in [3.8, 4) is 0 Å². The minimum absolute atomic E-state index is 0.351. The van der Waals surface area contributed by atoms with E-state index in [1.165, 1.54) is 5.69 Å². The first kappa shape index (κ1) is 24.0. The summed E-state index contributed by atoms with van der Waals surface area (Å²) in [5.74, 6) is 0.909. The molecule has 2 fully saturated rings. The highest BCUT2D eigenvalue weighted by Gasteiger charge is 2.26. The molecule has 35 heavy (non-hydrogen) atoms. The van der Waals surface area contributed by atoms with Crippen LogP contribution in [0.25, 0.3) is 6.08 Å². The fourth-order valence-corrected chi connectivity index (χ4v) is 6.16. The summed E-state index contributed by atoms with van der Waals surface area (Å²) >= 11 is 2.75. The second kappa shape index (κ2) is 10.9. The van der Waals surface area contributed by atoms with Crippen molar-refractivity contribution in [3.05, 3.63) is 63.9 Å². The fraction of sp³-hybridized carbons (Fsp3) is 0.400. The third kappa shape index (κ3) is 6.12. The van der Waals surface area contributed by atoms with E-state index in [1.54, 1.807) is 18.3 Å². The maximum Gasteiger partial charge on any atom is 0.290 e. The molecule has 2 amide bonds. The second-order valence-electron chi connectivity index (χ2n) is 9.05. The number of rotatable bonds is 7. The lowest BCUT2D eigenvalue weighted by atomic mass is 9.96. The maximum atomic E-state index is 11.8. The average Bonchev–Trinajstić information content (AvgIpc) is 3.50. The number of hydrogen-bond donors (Lipinski definition) is 1. The number of nitrogens with zero attached hydrogens (tertiary/aromatic N) is 5. The van der Waals surface area contributed by atoms with Crippen LogP contribution in [-0.2, 0) is 11.3 Å². The van der Waals surface area contributed by atoms with Crippen molar-refractivity contribution in [2.75, 3.05) is 31.6 Å². The zero-order chi connectivity index (χ0) is 24.2. The number of carbonyl (C=O) groups is 2. The van der Waals surface area contributed by atoms with Crippen LogP contribution < -0.4 is 10.2 Å². The number of carbonyl (C=O) groups excluding carboxylic acids is 2. The highest BCUT2D eigenvalue weighted by molar-refractivity contribution is 8.18. The summed E-state index contributed by atoms with van der Waals surface area (Å²) in [6, 6.07) is 8.14. The summed E-state index contributed by atoms with van der Waals surface area (Å²) in [7, 11) is 2.18. The van der Waals surface area contributed by atoms with Crippen LogP contribution in [0.15, 0.2) is 46.9 Å². The largest absolute Gasteiger partial charge is 0.341 e. The molecule has 0 aromatic carbocycles. The quantitative estimate of drug-likeness (QED) is 0.552. The lowest BCUT2D eigenvalue weighted by Gasteiger charge is -2.34. The predicted molar refractivity (Wildman–Crippen MR) is 141 cm³/mol. The van der Waals surface area contributed by atoms with Crippen molar-refractivity contribution in [1.82, 2.24) is 25.2 Å². The molecule has 0 spiro atoms.